The first-order valence-corrected chi connectivity index (χ1v) is 6.36. The SMILES string of the molecule is O=[PH]1Oc2ccccc2C2CC=CC=C21. The van der Waals surface area contributed by atoms with Crippen LogP contribution in [-0.4, -0.2) is 0 Å². The van der Waals surface area contributed by atoms with E-state index in [0.717, 1.165) is 23.0 Å². The van der Waals surface area contributed by atoms with E-state index < -0.39 is 8.03 Å². The summed E-state index contributed by atoms with van der Waals surface area (Å²) in [4.78, 5) is 0. The van der Waals surface area contributed by atoms with Gasteiger partial charge in [0.2, 0.25) is 0 Å². The topological polar surface area (TPSA) is 26.3 Å². The second kappa shape index (κ2) is 3.39. The Morgan fingerprint density at radius 2 is 2.20 bits per heavy atom. The van der Waals surface area contributed by atoms with E-state index in [9.17, 15) is 4.57 Å². The lowest BCUT2D eigenvalue weighted by Crippen LogP contribution is -2.09. The maximum atomic E-state index is 11.9. The van der Waals surface area contributed by atoms with Gasteiger partial charge in [-0.3, -0.25) is 4.57 Å². The van der Waals surface area contributed by atoms with E-state index in [-0.39, 0.29) is 5.92 Å². The molecule has 2 nitrogen and oxygen atoms in total. The second-order valence-corrected chi connectivity index (χ2v) is 5.12. The lowest BCUT2D eigenvalue weighted by atomic mass is 9.91. The van der Waals surface area contributed by atoms with Gasteiger partial charge in [0.25, 0.3) is 8.03 Å². The Balaban J connectivity index is 2.17. The highest BCUT2D eigenvalue weighted by molar-refractivity contribution is 7.44. The van der Waals surface area contributed by atoms with Gasteiger partial charge in [0.15, 0.2) is 0 Å². The van der Waals surface area contributed by atoms with Crippen molar-refractivity contribution in [3.8, 4) is 5.75 Å². The second-order valence-electron chi connectivity index (χ2n) is 3.77. The molecule has 0 saturated carbocycles. The van der Waals surface area contributed by atoms with Crippen molar-refractivity contribution in [3.05, 3.63) is 53.4 Å². The molecule has 1 heterocycles. The molecule has 0 bridgehead atoms. The van der Waals surface area contributed by atoms with Crippen LogP contribution in [0.5, 0.6) is 5.75 Å². The number of para-hydroxylation sites is 1. The maximum Gasteiger partial charge on any atom is 0.262 e. The van der Waals surface area contributed by atoms with Gasteiger partial charge in [-0.05, 0) is 12.5 Å². The largest absolute Gasteiger partial charge is 0.442 e. The molecule has 76 valence electrons. The van der Waals surface area contributed by atoms with Gasteiger partial charge in [-0.25, -0.2) is 0 Å². The van der Waals surface area contributed by atoms with E-state index >= 15 is 0 Å². The van der Waals surface area contributed by atoms with Gasteiger partial charge >= 0.3 is 0 Å². The summed E-state index contributed by atoms with van der Waals surface area (Å²) in [5, 5.41) is 0.959. The zero-order valence-electron chi connectivity index (χ0n) is 8.14. The minimum atomic E-state index is -2.04. The normalized spacial score (nSPS) is 27.3. The molecule has 2 atom stereocenters. The molecule has 0 spiro atoms. The molecule has 1 aliphatic carbocycles. The molecule has 0 radical (unpaired) electrons. The van der Waals surface area contributed by atoms with E-state index in [0.29, 0.717) is 0 Å². The van der Waals surface area contributed by atoms with Crippen molar-refractivity contribution in [2.75, 3.05) is 0 Å². The van der Waals surface area contributed by atoms with Crippen molar-refractivity contribution >= 4 is 8.03 Å². The smallest absolute Gasteiger partial charge is 0.262 e. The zero-order chi connectivity index (χ0) is 10.3. The summed E-state index contributed by atoms with van der Waals surface area (Å²) in [6.45, 7) is 0. The van der Waals surface area contributed by atoms with Gasteiger partial charge in [-0.1, -0.05) is 36.4 Å². The fourth-order valence-electron chi connectivity index (χ4n) is 2.15. The fraction of sp³-hybridized carbons (Fsp3) is 0.167. The Morgan fingerprint density at radius 3 is 3.13 bits per heavy atom. The molecule has 0 N–H and O–H groups in total. The Morgan fingerprint density at radius 1 is 1.33 bits per heavy atom. The van der Waals surface area contributed by atoms with Crippen LogP contribution < -0.4 is 4.52 Å². The molecule has 0 aromatic heterocycles. The van der Waals surface area contributed by atoms with Crippen molar-refractivity contribution in [2.24, 2.45) is 0 Å². The molecule has 1 aromatic carbocycles. The number of fused-ring (bicyclic) bond motifs is 3. The first-order chi connectivity index (χ1) is 7.36. The molecule has 1 aliphatic heterocycles. The Kier molecular flexibility index (Phi) is 2.03. The van der Waals surface area contributed by atoms with E-state index in [2.05, 4.69) is 12.1 Å². The molecule has 2 aliphatic rings. The Bertz CT molecular complexity index is 488. The Labute approximate surface area is 89.1 Å². The highest BCUT2D eigenvalue weighted by Crippen LogP contribution is 2.53. The van der Waals surface area contributed by atoms with Crippen molar-refractivity contribution in [1.29, 1.82) is 0 Å². The van der Waals surface area contributed by atoms with Crippen LogP contribution in [0.25, 0.3) is 0 Å². The average Bonchev–Trinajstić information content (AvgIpc) is 2.30. The van der Waals surface area contributed by atoms with Crippen LogP contribution in [0.1, 0.15) is 17.9 Å². The lowest BCUT2D eigenvalue weighted by Gasteiger charge is -2.28. The monoisotopic (exact) mass is 218 g/mol. The maximum absolute atomic E-state index is 11.9. The number of hydrogen-bond donors (Lipinski definition) is 0. The number of benzene rings is 1. The first kappa shape index (κ1) is 8.99. The molecule has 3 heteroatoms. The van der Waals surface area contributed by atoms with Crippen molar-refractivity contribution in [1.82, 2.24) is 0 Å². The van der Waals surface area contributed by atoms with Crippen LogP contribution >= 0.6 is 8.03 Å². The van der Waals surface area contributed by atoms with E-state index in [4.69, 9.17) is 4.52 Å². The molecule has 0 fully saturated rings. The molecule has 0 amide bonds. The molecule has 1 aromatic rings. The average molecular weight is 218 g/mol. The van der Waals surface area contributed by atoms with Crippen LogP contribution in [0.3, 0.4) is 0 Å². The van der Waals surface area contributed by atoms with Crippen LogP contribution in [0.4, 0.5) is 0 Å². The standard InChI is InChI=1S/C12H11O2P/c13-15-12-8-4-2-6-10(12)9-5-1-3-7-11(9)14-15/h1-5,7-8,10,15H,6H2. The van der Waals surface area contributed by atoms with Gasteiger partial charge in [0.1, 0.15) is 5.75 Å². The highest BCUT2D eigenvalue weighted by atomic mass is 31.1. The summed E-state index contributed by atoms with van der Waals surface area (Å²) in [6.07, 6.45) is 6.95. The number of hydrogen-bond acceptors (Lipinski definition) is 2. The lowest BCUT2D eigenvalue weighted by molar-refractivity contribution is 0.491. The third-order valence-electron chi connectivity index (χ3n) is 2.89. The van der Waals surface area contributed by atoms with Crippen LogP contribution in [0, 0.1) is 0 Å². The minimum Gasteiger partial charge on any atom is -0.442 e. The summed E-state index contributed by atoms with van der Waals surface area (Å²) in [5.74, 6) is 1.06. The molecule has 2 unspecified atom stereocenters. The quantitative estimate of drug-likeness (QED) is 0.623. The van der Waals surface area contributed by atoms with Crippen LogP contribution in [-0.2, 0) is 4.57 Å². The van der Waals surface area contributed by atoms with Crippen molar-refractivity contribution in [2.45, 2.75) is 12.3 Å². The van der Waals surface area contributed by atoms with Crippen molar-refractivity contribution < 1.29 is 9.09 Å². The van der Waals surface area contributed by atoms with Crippen molar-refractivity contribution in [3.63, 3.8) is 0 Å². The molecular weight excluding hydrogens is 207 g/mol. The molecule has 0 saturated heterocycles. The minimum absolute atomic E-state index is 0.270. The van der Waals surface area contributed by atoms with Crippen LogP contribution in [0.15, 0.2) is 47.8 Å². The van der Waals surface area contributed by atoms with E-state index in [1.165, 1.54) is 0 Å². The van der Waals surface area contributed by atoms with E-state index in [1.54, 1.807) is 0 Å². The van der Waals surface area contributed by atoms with Crippen LogP contribution in [0.2, 0.25) is 0 Å². The zero-order valence-corrected chi connectivity index (χ0v) is 9.14. The van der Waals surface area contributed by atoms with Gasteiger partial charge in [-0.15, -0.1) is 0 Å². The predicted octanol–water partition coefficient (Wildman–Crippen LogP) is 3.48. The van der Waals surface area contributed by atoms with Gasteiger partial charge in [0.05, 0.1) is 0 Å². The summed E-state index contributed by atoms with van der Waals surface area (Å²) < 4.78 is 17.3. The summed E-state index contributed by atoms with van der Waals surface area (Å²) in [7, 11) is -2.04. The number of rotatable bonds is 0. The third-order valence-corrected chi connectivity index (χ3v) is 4.28. The summed E-state index contributed by atoms with van der Waals surface area (Å²) >= 11 is 0. The third kappa shape index (κ3) is 1.37. The molecular formula is C12H11O2P. The van der Waals surface area contributed by atoms with Gasteiger partial charge in [0, 0.05) is 16.8 Å². The summed E-state index contributed by atoms with van der Waals surface area (Å²) in [6, 6.07) is 7.87. The van der Waals surface area contributed by atoms with Gasteiger partial charge in [-0.2, -0.15) is 0 Å². The number of allylic oxidation sites excluding steroid dienone is 4. The fourth-order valence-corrected chi connectivity index (χ4v) is 3.45. The molecule has 15 heavy (non-hydrogen) atoms. The highest BCUT2D eigenvalue weighted by Gasteiger charge is 2.30. The Hall–Kier alpha value is -1.27. The summed E-state index contributed by atoms with van der Waals surface area (Å²) in [5.41, 5.74) is 1.16. The predicted molar refractivity (Wildman–Crippen MR) is 60.7 cm³/mol. The van der Waals surface area contributed by atoms with Gasteiger partial charge < -0.3 is 4.52 Å². The molecule has 3 rings (SSSR count). The van der Waals surface area contributed by atoms with E-state index in [1.807, 2.05) is 30.4 Å². The first-order valence-electron chi connectivity index (χ1n) is 5.04.